The molecule has 1 atom stereocenters. The summed E-state index contributed by atoms with van der Waals surface area (Å²) in [6.07, 6.45) is 1.61. The molecule has 5 nitrogen and oxygen atoms in total. The lowest BCUT2D eigenvalue weighted by molar-refractivity contribution is 0.0938. The van der Waals surface area contributed by atoms with Crippen LogP contribution < -0.4 is 5.32 Å². The average Bonchev–Trinajstić information content (AvgIpc) is 3.17. The Morgan fingerprint density at radius 2 is 2.30 bits per heavy atom. The lowest BCUT2D eigenvalue weighted by Crippen LogP contribution is -2.28. The second-order valence-electron chi connectivity index (χ2n) is 4.26. The summed E-state index contributed by atoms with van der Waals surface area (Å²) < 4.78 is 1.51. The molecule has 0 aliphatic carbocycles. The first kappa shape index (κ1) is 13.0. The van der Waals surface area contributed by atoms with Crippen LogP contribution in [0.1, 0.15) is 27.0 Å². The summed E-state index contributed by atoms with van der Waals surface area (Å²) in [5.74, 6) is -0.220. The van der Waals surface area contributed by atoms with E-state index < -0.39 is 0 Å². The minimum absolute atomic E-state index is 0.143. The zero-order valence-corrected chi connectivity index (χ0v) is 12.3. The second kappa shape index (κ2) is 5.56. The average molecular weight is 304 g/mol. The summed E-state index contributed by atoms with van der Waals surface area (Å²) in [7, 11) is 1.74. The Morgan fingerprint density at radius 1 is 1.40 bits per heavy atom. The van der Waals surface area contributed by atoms with Gasteiger partial charge in [0, 0.05) is 11.9 Å². The predicted octanol–water partition coefficient (Wildman–Crippen LogP) is 2.46. The van der Waals surface area contributed by atoms with Gasteiger partial charge in [-0.15, -0.1) is 16.4 Å². The van der Waals surface area contributed by atoms with Gasteiger partial charge in [-0.05, 0) is 33.8 Å². The molecule has 0 aliphatic heterocycles. The number of aryl methyl sites for hydroxylation is 1. The quantitative estimate of drug-likeness (QED) is 0.805. The molecule has 20 heavy (non-hydrogen) atoms. The van der Waals surface area contributed by atoms with Crippen LogP contribution in [0.25, 0.3) is 0 Å². The van der Waals surface area contributed by atoms with Crippen LogP contribution in [-0.2, 0) is 7.05 Å². The molecule has 0 radical (unpaired) electrons. The standard InChI is InChI=1S/C13H12N4OS2/c1-17-7-10(15-16-17)13(18)14-12(9-4-6-19-8-9)11-3-2-5-20-11/h2-8,12H,1H3,(H,14,18)/t12-/m0/s1. The normalized spacial score (nSPS) is 12.2. The monoisotopic (exact) mass is 304 g/mol. The highest BCUT2D eigenvalue weighted by Gasteiger charge is 2.20. The fraction of sp³-hybridized carbons (Fsp3) is 0.154. The molecule has 1 N–H and O–H groups in total. The molecule has 0 aromatic carbocycles. The molecule has 3 aromatic heterocycles. The van der Waals surface area contributed by atoms with Crippen molar-refractivity contribution in [3.05, 3.63) is 56.7 Å². The molecule has 0 saturated carbocycles. The van der Waals surface area contributed by atoms with E-state index in [1.54, 1.807) is 35.9 Å². The number of aromatic nitrogens is 3. The Morgan fingerprint density at radius 3 is 2.90 bits per heavy atom. The van der Waals surface area contributed by atoms with Crippen molar-refractivity contribution in [2.45, 2.75) is 6.04 Å². The van der Waals surface area contributed by atoms with E-state index in [0.717, 1.165) is 10.4 Å². The van der Waals surface area contributed by atoms with E-state index in [-0.39, 0.29) is 11.9 Å². The van der Waals surface area contributed by atoms with Gasteiger partial charge in [-0.2, -0.15) is 11.3 Å². The van der Waals surface area contributed by atoms with E-state index in [4.69, 9.17) is 0 Å². The number of nitrogens with zero attached hydrogens (tertiary/aromatic N) is 3. The molecule has 102 valence electrons. The van der Waals surface area contributed by atoms with Crippen LogP contribution in [0.2, 0.25) is 0 Å². The highest BCUT2D eigenvalue weighted by Crippen LogP contribution is 2.27. The first-order valence-electron chi connectivity index (χ1n) is 5.97. The molecule has 3 heterocycles. The Kier molecular flexibility index (Phi) is 3.62. The maximum absolute atomic E-state index is 12.2. The van der Waals surface area contributed by atoms with Crippen molar-refractivity contribution in [3.63, 3.8) is 0 Å². The predicted molar refractivity (Wildman–Crippen MR) is 79.0 cm³/mol. The molecule has 0 saturated heterocycles. The largest absolute Gasteiger partial charge is 0.339 e. The summed E-state index contributed by atoms with van der Waals surface area (Å²) in [5.41, 5.74) is 1.40. The Hall–Kier alpha value is -1.99. The Bertz CT molecular complexity index is 654. The van der Waals surface area contributed by atoms with Gasteiger partial charge in [0.25, 0.3) is 5.91 Å². The van der Waals surface area contributed by atoms with Crippen molar-refractivity contribution in [1.29, 1.82) is 0 Å². The van der Waals surface area contributed by atoms with Gasteiger partial charge >= 0.3 is 0 Å². The van der Waals surface area contributed by atoms with E-state index in [1.807, 2.05) is 34.3 Å². The van der Waals surface area contributed by atoms with E-state index in [0.29, 0.717) is 5.69 Å². The second-order valence-corrected chi connectivity index (χ2v) is 6.02. The summed E-state index contributed by atoms with van der Waals surface area (Å²) in [6.45, 7) is 0. The van der Waals surface area contributed by atoms with Gasteiger partial charge in [0.15, 0.2) is 5.69 Å². The van der Waals surface area contributed by atoms with E-state index in [2.05, 4.69) is 15.6 Å². The molecule has 0 aliphatic rings. The van der Waals surface area contributed by atoms with Gasteiger partial charge in [-0.1, -0.05) is 11.3 Å². The molecule has 1 amide bonds. The van der Waals surface area contributed by atoms with Crippen molar-refractivity contribution < 1.29 is 4.79 Å². The van der Waals surface area contributed by atoms with Crippen LogP contribution >= 0.6 is 22.7 Å². The van der Waals surface area contributed by atoms with E-state index in [9.17, 15) is 4.79 Å². The number of amides is 1. The minimum Gasteiger partial charge on any atom is -0.339 e. The zero-order chi connectivity index (χ0) is 13.9. The highest BCUT2D eigenvalue weighted by molar-refractivity contribution is 7.10. The van der Waals surface area contributed by atoms with Crippen LogP contribution in [0.5, 0.6) is 0 Å². The lowest BCUT2D eigenvalue weighted by atomic mass is 10.1. The van der Waals surface area contributed by atoms with Crippen molar-refractivity contribution in [1.82, 2.24) is 20.3 Å². The van der Waals surface area contributed by atoms with Crippen LogP contribution in [0.4, 0.5) is 0 Å². The van der Waals surface area contributed by atoms with Crippen LogP contribution in [0, 0.1) is 0 Å². The third-order valence-electron chi connectivity index (χ3n) is 2.81. The van der Waals surface area contributed by atoms with Gasteiger partial charge in [0.05, 0.1) is 12.2 Å². The first-order valence-corrected chi connectivity index (χ1v) is 7.79. The fourth-order valence-electron chi connectivity index (χ4n) is 1.87. The molecule has 3 rings (SSSR count). The Labute approximate surface area is 123 Å². The van der Waals surface area contributed by atoms with E-state index in [1.165, 1.54) is 4.68 Å². The summed E-state index contributed by atoms with van der Waals surface area (Å²) in [5, 5.41) is 16.7. The summed E-state index contributed by atoms with van der Waals surface area (Å²) in [4.78, 5) is 13.3. The maximum atomic E-state index is 12.2. The number of carbonyl (C=O) groups excluding carboxylic acids is 1. The van der Waals surface area contributed by atoms with Gasteiger partial charge in [0.2, 0.25) is 0 Å². The van der Waals surface area contributed by atoms with Crippen molar-refractivity contribution in [2.75, 3.05) is 0 Å². The zero-order valence-electron chi connectivity index (χ0n) is 10.7. The third-order valence-corrected chi connectivity index (χ3v) is 4.45. The van der Waals surface area contributed by atoms with Crippen LogP contribution in [0.15, 0.2) is 40.5 Å². The van der Waals surface area contributed by atoms with Gasteiger partial charge in [0.1, 0.15) is 0 Å². The Balaban J connectivity index is 1.86. The van der Waals surface area contributed by atoms with Crippen LogP contribution in [-0.4, -0.2) is 20.9 Å². The minimum atomic E-state index is -0.220. The first-order chi connectivity index (χ1) is 9.74. The smallest absolute Gasteiger partial charge is 0.274 e. The van der Waals surface area contributed by atoms with Gasteiger partial charge in [-0.3, -0.25) is 9.48 Å². The lowest BCUT2D eigenvalue weighted by Gasteiger charge is -2.15. The molecule has 3 aromatic rings. The SMILES string of the molecule is Cn1cc(C(=O)N[C@@H](c2ccsc2)c2cccs2)nn1. The fourth-order valence-corrected chi connectivity index (χ4v) is 3.36. The van der Waals surface area contributed by atoms with Crippen molar-refractivity contribution >= 4 is 28.6 Å². The highest BCUT2D eigenvalue weighted by atomic mass is 32.1. The summed E-state index contributed by atoms with van der Waals surface area (Å²) in [6, 6.07) is 5.87. The number of hydrogen-bond donors (Lipinski definition) is 1. The van der Waals surface area contributed by atoms with Crippen molar-refractivity contribution in [2.24, 2.45) is 7.05 Å². The molecule has 0 unspecified atom stereocenters. The molecule has 0 spiro atoms. The number of hydrogen-bond acceptors (Lipinski definition) is 5. The third kappa shape index (κ3) is 2.63. The van der Waals surface area contributed by atoms with E-state index >= 15 is 0 Å². The number of nitrogens with one attached hydrogen (secondary N) is 1. The van der Waals surface area contributed by atoms with Gasteiger partial charge in [-0.25, -0.2) is 0 Å². The maximum Gasteiger partial charge on any atom is 0.274 e. The molecule has 0 fully saturated rings. The van der Waals surface area contributed by atoms with Crippen molar-refractivity contribution in [3.8, 4) is 0 Å². The topological polar surface area (TPSA) is 59.8 Å². The number of carbonyl (C=O) groups is 1. The molecule has 0 bridgehead atoms. The van der Waals surface area contributed by atoms with Gasteiger partial charge < -0.3 is 5.32 Å². The summed E-state index contributed by atoms with van der Waals surface area (Å²) >= 11 is 3.23. The molecular formula is C13H12N4OS2. The molecular weight excluding hydrogens is 292 g/mol. The number of rotatable bonds is 4. The number of thiophene rings is 2. The van der Waals surface area contributed by atoms with Crippen LogP contribution in [0.3, 0.4) is 0 Å². The molecule has 7 heteroatoms.